The average molecular weight is 285 g/mol. The van der Waals surface area contributed by atoms with Crippen LogP contribution in [0.1, 0.15) is 24.0 Å². The molecule has 21 heavy (non-hydrogen) atoms. The molecule has 1 aliphatic rings. The minimum atomic E-state index is -0.856. The number of benzene rings is 1. The van der Waals surface area contributed by atoms with E-state index in [0.717, 1.165) is 11.1 Å². The number of aliphatic carboxylic acids is 1. The Balaban J connectivity index is 1.98. The van der Waals surface area contributed by atoms with Crippen LogP contribution >= 0.6 is 0 Å². The molecule has 0 bridgehead atoms. The van der Waals surface area contributed by atoms with Crippen molar-refractivity contribution in [2.45, 2.75) is 24.9 Å². The first-order chi connectivity index (χ1) is 10.1. The maximum Gasteiger partial charge on any atom is 0.303 e. The lowest BCUT2D eigenvalue weighted by Gasteiger charge is -2.29. The van der Waals surface area contributed by atoms with E-state index in [1.807, 2.05) is 18.2 Å². The van der Waals surface area contributed by atoms with E-state index in [2.05, 4.69) is 4.98 Å². The van der Waals surface area contributed by atoms with Gasteiger partial charge in [0, 0.05) is 37.7 Å². The Morgan fingerprint density at radius 2 is 2.05 bits per heavy atom. The normalized spacial score (nSPS) is 19.8. The first kappa shape index (κ1) is 13.4. The molecule has 2 heterocycles. The number of carboxylic acids is 1. The van der Waals surface area contributed by atoms with E-state index in [1.165, 1.54) is 0 Å². The maximum absolute atomic E-state index is 10.9. The predicted octanol–water partition coefficient (Wildman–Crippen LogP) is 2.48. The van der Waals surface area contributed by atoms with Gasteiger partial charge in [0.05, 0.1) is 0 Å². The Hall–Kier alpha value is -2.56. The molecule has 0 aliphatic carbocycles. The van der Waals surface area contributed by atoms with E-state index in [0.29, 0.717) is 18.6 Å². The molecule has 1 aromatic carbocycles. The van der Waals surface area contributed by atoms with Crippen LogP contribution in [0.25, 0.3) is 0 Å². The lowest BCUT2D eigenvalue weighted by atomic mass is 9.85. The number of hydrogen-bond donors (Lipinski definition) is 2. The number of nitrogens with zero attached hydrogens (tertiary/aromatic N) is 1. The van der Waals surface area contributed by atoms with Crippen molar-refractivity contribution in [1.29, 1.82) is 0 Å². The second kappa shape index (κ2) is 5.09. The molecule has 1 atom stereocenters. The quantitative estimate of drug-likeness (QED) is 0.902. The minimum Gasteiger partial charge on any atom is -0.508 e. The van der Waals surface area contributed by atoms with Gasteiger partial charge < -0.3 is 14.9 Å². The van der Waals surface area contributed by atoms with E-state index >= 15 is 0 Å². The highest BCUT2D eigenvalue weighted by Crippen LogP contribution is 2.45. The van der Waals surface area contributed by atoms with E-state index in [-0.39, 0.29) is 12.2 Å². The van der Waals surface area contributed by atoms with Crippen LogP contribution < -0.4 is 4.74 Å². The highest BCUT2D eigenvalue weighted by atomic mass is 16.5. The number of hydrogen-bond acceptors (Lipinski definition) is 4. The predicted molar refractivity (Wildman–Crippen MR) is 75.2 cm³/mol. The van der Waals surface area contributed by atoms with Crippen molar-refractivity contribution in [2.24, 2.45) is 0 Å². The first-order valence-electron chi connectivity index (χ1n) is 6.72. The summed E-state index contributed by atoms with van der Waals surface area (Å²) in [6, 6.07) is 8.68. The molecular formula is C16H15NO4. The van der Waals surface area contributed by atoms with Gasteiger partial charge in [-0.2, -0.15) is 0 Å². The molecule has 1 unspecified atom stereocenters. The van der Waals surface area contributed by atoms with Crippen LogP contribution in [-0.4, -0.2) is 21.2 Å². The summed E-state index contributed by atoms with van der Waals surface area (Å²) < 4.78 is 6.06. The van der Waals surface area contributed by atoms with Gasteiger partial charge in [0.15, 0.2) is 0 Å². The van der Waals surface area contributed by atoms with E-state index in [4.69, 9.17) is 9.84 Å². The minimum absolute atomic E-state index is 0.0162. The Labute approximate surface area is 121 Å². The number of phenolic OH excluding ortho intramolecular Hbond substituents is 1. The second-order valence-corrected chi connectivity index (χ2v) is 5.19. The first-order valence-corrected chi connectivity index (χ1v) is 6.72. The van der Waals surface area contributed by atoms with Gasteiger partial charge in [-0.05, 0) is 29.3 Å². The van der Waals surface area contributed by atoms with E-state index in [1.54, 1.807) is 24.5 Å². The number of carbonyl (C=O) groups is 1. The van der Waals surface area contributed by atoms with Gasteiger partial charge in [-0.15, -0.1) is 0 Å². The summed E-state index contributed by atoms with van der Waals surface area (Å²) in [5.41, 5.74) is 1.15. The molecule has 0 spiro atoms. The lowest BCUT2D eigenvalue weighted by Crippen LogP contribution is -2.32. The number of fused-ring (bicyclic) bond motifs is 1. The van der Waals surface area contributed by atoms with Crippen LogP contribution in [0.2, 0.25) is 0 Å². The Bertz CT molecular complexity index is 671. The number of ether oxygens (including phenoxy) is 1. The molecule has 108 valence electrons. The summed E-state index contributed by atoms with van der Waals surface area (Å²) in [5.74, 6) is -0.111. The van der Waals surface area contributed by atoms with Crippen molar-refractivity contribution in [1.82, 2.24) is 4.98 Å². The number of pyridine rings is 1. The van der Waals surface area contributed by atoms with Crippen molar-refractivity contribution in [3.05, 3.63) is 53.9 Å². The average Bonchev–Trinajstić information content (AvgIpc) is 2.85. The highest BCUT2D eigenvalue weighted by molar-refractivity contribution is 5.67. The lowest BCUT2D eigenvalue weighted by molar-refractivity contribution is -0.138. The smallest absolute Gasteiger partial charge is 0.303 e. The van der Waals surface area contributed by atoms with Crippen LogP contribution in [-0.2, 0) is 16.8 Å². The Kier molecular flexibility index (Phi) is 3.25. The molecule has 1 aromatic heterocycles. The Morgan fingerprint density at radius 3 is 2.76 bits per heavy atom. The van der Waals surface area contributed by atoms with Gasteiger partial charge in [-0.3, -0.25) is 9.78 Å². The Morgan fingerprint density at radius 1 is 1.29 bits per heavy atom. The summed E-state index contributed by atoms with van der Waals surface area (Å²) in [6.07, 6.45) is 4.30. The molecule has 0 saturated heterocycles. The van der Waals surface area contributed by atoms with Crippen LogP contribution in [0.5, 0.6) is 11.5 Å². The number of aromatic hydroxyl groups is 1. The molecule has 5 heteroatoms. The van der Waals surface area contributed by atoms with Crippen molar-refractivity contribution >= 4 is 5.97 Å². The molecule has 2 aromatic rings. The molecule has 0 radical (unpaired) electrons. The molecular weight excluding hydrogens is 270 g/mol. The highest BCUT2D eigenvalue weighted by Gasteiger charge is 2.41. The summed E-state index contributed by atoms with van der Waals surface area (Å²) in [5, 5.41) is 18.6. The van der Waals surface area contributed by atoms with Crippen LogP contribution in [0, 0.1) is 0 Å². The molecule has 5 nitrogen and oxygen atoms in total. The summed E-state index contributed by atoms with van der Waals surface area (Å²) in [4.78, 5) is 14.9. The number of aromatic nitrogens is 1. The van der Waals surface area contributed by atoms with Gasteiger partial charge in [0.2, 0.25) is 0 Å². The standard InChI is InChI=1S/C16H15NO4/c18-13-2-1-11-10-16(6-3-15(19)20,21-14(11)9-13)12-4-7-17-8-5-12/h1-2,4-5,7-9,18H,3,6,10H2,(H,19,20). The molecule has 0 amide bonds. The van der Waals surface area contributed by atoms with E-state index < -0.39 is 11.6 Å². The SMILES string of the molecule is O=C(O)CCC1(c2ccncc2)Cc2ccc(O)cc2O1. The topological polar surface area (TPSA) is 79.7 Å². The fourth-order valence-electron chi connectivity index (χ4n) is 2.75. The van der Waals surface area contributed by atoms with Gasteiger partial charge in [0.1, 0.15) is 17.1 Å². The van der Waals surface area contributed by atoms with Crippen molar-refractivity contribution in [3.63, 3.8) is 0 Å². The number of phenols is 1. The molecule has 0 fully saturated rings. The third-order valence-corrected chi connectivity index (χ3v) is 3.78. The molecule has 0 saturated carbocycles. The number of rotatable bonds is 4. The summed E-state index contributed by atoms with van der Waals surface area (Å²) >= 11 is 0. The van der Waals surface area contributed by atoms with Crippen molar-refractivity contribution in [3.8, 4) is 11.5 Å². The van der Waals surface area contributed by atoms with Crippen molar-refractivity contribution in [2.75, 3.05) is 0 Å². The molecule has 2 N–H and O–H groups in total. The monoisotopic (exact) mass is 285 g/mol. The van der Waals surface area contributed by atoms with Crippen LogP contribution in [0.3, 0.4) is 0 Å². The van der Waals surface area contributed by atoms with Gasteiger partial charge >= 0.3 is 5.97 Å². The summed E-state index contributed by atoms with van der Waals surface area (Å²) in [6.45, 7) is 0. The summed E-state index contributed by atoms with van der Waals surface area (Å²) in [7, 11) is 0. The zero-order chi connectivity index (χ0) is 14.9. The molecule has 1 aliphatic heterocycles. The second-order valence-electron chi connectivity index (χ2n) is 5.19. The zero-order valence-electron chi connectivity index (χ0n) is 11.3. The third kappa shape index (κ3) is 2.54. The molecule has 3 rings (SSSR count). The fraction of sp³-hybridized carbons (Fsp3) is 0.250. The fourth-order valence-corrected chi connectivity index (χ4v) is 2.75. The zero-order valence-corrected chi connectivity index (χ0v) is 11.3. The third-order valence-electron chi connectivity index (χ3n) is 3.78. The number of carboxylic acid groups (broad SMARTS) is 1. The largest absolute Gasteiger partial charge is 0.508 e. The van der Waals surface area contributed by atoms with E-state index in [9.17, 15) is 9.90 Å². The van der Waals surface area contributed by atoms with Gasteiger partial charge in [-0.1, -0.05) is 6.07 Å². The van der Waals surface area contributed by atoms with Gasteiger partial charge in [-0.25, -0.2) is 0 Å². The van der Waals surface area contributed by atoms with Crippen LogP contribution in [0.4, 0.5) is 0 Å². The van der Waals surface area contributed by atoms with Gasteiger partial charge in [0.25, 0.3) is 0 Å². The van der Waals surface area contributed by atoms with Crippen LogP contribution in [0.15, 0.2) is 42.7 Å². The van der Waals surface area contributed by atoms with Crippen molar-refractivity contribution < 1.29 is 19.7 Å². The maximum atomic E-state index is 10.9.